The van der Waals surface area contributed by atoms with Crippen molar-refractivity contribution in [1.82, 2.24) is 0 Å². The van der Waals surface area contributed by atoms with E-state index in [0.717, 1.165) is 18.8 Å². The predicted octanol–water partition coefficient (Wildman–Crippen LogP) is 3.02. The minimum absolute atomic E-state index is 0.128. The molecule has 2 heteroatoms. The molecule has 0 saturated heterocycles. The van der Waals surface area contributed by atoms with Crippen molar-refractivity contribution in [3.63, 3.8) is 0 Å². The highest BCUT2D eigenvalue weighted by Gasteiger charge is 2.22. The number of nitrogens with two attached hydrogens (primary N) is 1. The van der Waals surface area contributed by atoms with Gasteiger partial charge < -0.3 is 5.73 Å². The Hall–Kier alpha value is -0.890. The Morgan fingerprint density at radius 1 is 1.36 bits per heavy atom. The molecule has 2 N–H and O–H groups in total. The maximum Gasteiger partial charge on any atom is 0.127 e. The number of rotatable bonds is 4. The van der Waals surface area contributed by atoms with Crippen LogP contribution in [0.5, 0.6) is 0 Å². The minimum atomic E-state index is -0.171. The van der Waals surface area contributed by atoms with E-state index in [-0.39, 0.29) is 11.9 Å². The largest absolute Gasteiger partial charge is 0.324 e. The van der Waals surface area contributed by atoms with Crippen molar-refractivity contribution >= 4 is 0 Å². The van der Waals surface area contributed by atoms with Crippen molar-refractivity contribution in [2.75, 3.05) is 0 Å². The van der Waals surface area contributed by atoms with E-state index >= 15 is 0 Å². The van der Waals surface area contributed by atoms with E-state index in [1.54, 1.807) is 12.1 Å². The highest BCUT2D eigenvalue weighted by Crippen LogP contribution is 2.35. The first-order valence-electron chi connectivity index (χ1n) is 5.27. The molecule has 0 radical (unpaired) electrons. The summed E-state index contributed by atoms with van der Waals surface area (Å²) in [5, 5.41) is 0. The summed E-state index contributed by atoms with van der Waals surface area (Å²) in [6, 6.07) is 6.68. The molecule has 1 aromatic rings. The molecule has 1 fully saturated rings. The lowest BCUT2D eigenvalue weighted by Crippen LogP contribution is -2.12. The van der Waals surface area contributed by atoms with Gasteiger partial charge in [0.1, 0.15) is 5.82 Å². The van der Waals surface area contributed by atoms with Gasteiger partial charge in [0.05, 0.1) is 0 Å². The van der Waals surface area contributed by atoms with Gasteiger partial charge in [-0.15, -0.1) is 0 Å². The van der Waals surface area contributed by atoms with Gasteiger partial charge in [-0.3, -0.25) is 0 Å². The Kier molecular flexibility index (Phi) is 2.82. The lowest BCUT2D eigenvalue weighted by atomic mass is 10.0. The molecule has 0 amide bonds. The lowest BCUT2D eigenvalue weighted by molar-refractivity contribution is 0.534. The van der Waals surface area contributed by atoms with Crippen LogP contribution in [0.2, 0.25) is 0 Å². The molecule has 0 aliphatic heterocycles. The van der Waals surface area contributed by atoms with Gasteiger partial charge >= 0.3 is 0 Å². The van der Waals surface area contributed by atoms with Gasteiger partial charge in [0, 0.05) is 11.6 Å². The second-order valence-electron chi connectivity index (χ2n) is 4.15. The Labute approximate surface area is 84.1 Å². The van der Waals surface area contributed by atoms with Crippen molar-refractivity contribution in [2.24, 2.45) is 11.7 Å². The summed E-state index contributed by atoms with van der Waals surface area (Å²) in [5.41, 5.74) is 6.59. The Balaban J connectivity index is 1.95. The monoisotopic (exact) mass is 193 g/mol. The van der Waals surface area contributed by atoms with Crippen LogP contribution in [-0.4, -0.2) is 0 Å². The third kappa shape index (κ3) is 2.32. The summed E-state index contributed by atoms with van der Waals surface area (Å²) < 4.78 is 13.3. The van der Waals surface area contributed by atoms with Crippen LogP contribution in [0.15, 0.2) is 24.3 Å². The fraction of sp³-hybridized carbons (Fsp3) is 0.500. The predicted molar refractivity (Wildman–Crippen MR) is 55.3 cm³/mol. The molecule has 1 atom stereocenters. The molecule has 1 aliphatic rings. The van der Waals surface area contributed by atoms with E-state index in [9.17, 15) is 4.39 Å². The smallest absolute Gasteiger partial charge is 0.127 e. The van der Waals surface area contributed by atoms with E-state index in [4.69, 9.17) is 5.73 Å². The van der Waals surface area contributed by atoms with Crippen molar-refractivity contribution in [2.45, 2.75) is 31.7 Å². The zero-order valence-electron chi connectivity index (χ0n) is 8.25. The van der Waals surface area contributed by atoms with Crippen LogP contribution < -0.4 is 5.73 Å². The molecule has 0 aromatic heterocycles. The molecular formula is C12H16FN. The van der Waals surface area contributed by atoms with Gasteiger partial charge in [0.15, 0.2) is 0 Å². The molecule has 0 heterocycles. The van der Waals surface area contributed by atoms with Gasteiger partial charge in [-0.1, -0.05) is 31.0 Å². The van der Waals surface area contributed by atoms with Gasteiger partial charge in [-0.2, -0.15) is 0 Å². The number of halogens is 1. The molecule has 14 heavy (non-hydrogen) atoms. The van der Waals surface area contributed by atoms with Crippen molar-refractivity contribution < 1.29 is 4.39 Å². The Morgan fingerprint density at radius 2 is 2.07 bits per heavy atom. The number of hydrogen-bond donors (Lipinski definition) is 1. The molecule has 0 spiro atoms. The molecule has 1 aromatic carbocycles. The minimum Gasteiger partial charge on any atom is -0.324 e. The molecule has 1 nitrogen and oxygen atoms in total. The normalized spacial score (nSPS) is 18.1. The SMILES string of the molecule is NC(CCC1CC1)c1ccccc1F. The zero-order chi connectivity index (χ0) is 9.97. The molecular weight excluding hydrogens is 177 g/mol. The summed E-state index contributed by atoms with van der Waals surface area (Å²) >= 11 is 0. The van der Waals surface area contributed by atoms with Gasteiger partial charge in [0.25, 0.3) is 0 Å². The highest BCUT2D eigenvalue weighted by molar-refractivity contribution is 5.20. The Bertz CT molecular complexity index is 307. The number of benzene rings is 1. The average molecular weight is 193 g/mol. The van der Waals surface area contributed by atoms with Crippen LogP contribution in [0.25, 0.3) is 0 Å². The van der Waals surface area contributed by atoms with E-state index in [2.05, 4.69) is 0 Å². The highest BCUT2D eigenvalue weighted by atomic mass is 19.1. The van der Waals surface area contributed by atoms with Crippen LogP contribution in [0.1, 0.15) is 37.3 Å². The summed E-state index contributed by atoms with van der Waals surface area (Å²) in [6.07, 6.45) is 4.73. The van der Waals surface area contributed by atoms with Crippen LogP contribution >= 0.6 is 0 Å². The second-order valence-corrected chi connectivity index (χ2v) is 4.15. The van der Waals surface area contributed by atoms with Crippen LogP contribution in [0, 0.1) is 11.7 Å². The van der Waals surface area contributed by atoms with Gasteiger partial charge in [-0.25, -0.2) is 4.39 Å². The maximum absolute atomic E-state index is 13.3. The fourth-order valence-corrected chi connectivity index (χ4v) is 1.75. The fourth-order valence-electron chi connectivity index (χ4n) is 1.75. The molecule has 0 bridgehead atoms. The second kappa shape index (κ2) is 4.09. The Morgan fingerprint density at radius 3 is 2.71 bits per heavy atom. The van der Waals surface area contributed by atoms with Crippen LogP contribution in [-0.2, 0) is 0 Å². The third-order valence-electron chi connectivity index (χ3n) is 2.89. The summed E-state index contributed by atoms with van der Waals surface area (Å²) in [4.78, 5) is 0. The quantitative estimate of drug-likeness (QED) is 0.781. The zero-order valence-corrected chi connectivity index (χ0v) is 8.25. The van der Waals surface area contributed by atoms with E-state index in [1.807, 2.05) is 6.07 Å². The lowest BCUT2D eigenvalue weighted by Gasteiger charge is -2.12. The van der Waals surface area contributed by atoms with Crippen LogP contribution in [0.3, 0.4) is 0 Å². The van der Waals surface area contributed by atoms with Gasteiger partial charge in [-0.05, 0) is 24.8 Å². The van der Waals surface area contributed by atoms with E-state index in [0.29, 0.717) is 5.56 Å². The standard InChI is InChI=1S/C12H16FN/c13-11-4-2-1-3-10(11)12(14)8-7-9-5-6-9/h1-4,9,12H,5-8,14H2. The number of hydrogen-bond acceptors (Lipinski definition) is 1. The first-order chi connectivity index (χ1) is 6.77. The first kappa shape index (κ1) is 9.66. The van der Waals surface area contributed by atoms with Gasteiger partial charge in [0.2, 0.25) is 0 Å². The van der Waals surface area contributed by atoms with E-state index < -0.39 is 0 Å². The molecule has 1 aliphatic carbocycles. The van der Waals surface area contributed by atoms with Crippen molar-refractivity contribution in [3.05, 3.63) is 35.6 Å². The molecule has 2 rings (SSSR count). The third-order valence-corrected chi connectivity index (χ3v) is 2.89. The summed E-state index contributed by atoms with van der Waals surface area (Å²) in [6.45, 7) is 0. The summed E-state index contributed by atoms with van der Waals surface area (Å²) in [5.74, 6) is 0.698. The first-order valence-corrected chi connectivity index (χ1v) is 5.27. The van der Waals surface area contributed by atoms with Crippen LogP contribution in [0.4, 0.5) is 4.39 Å². The average Bonchev–Trinajstić information content (AvgIpc) is 2.98. The molecule has 76 valence electrons. The topological polar surface area (TPSA) is 26.0 Å². The summed E-state index contributed by atoms with van der Waals surface area (Å²) in [7, 11) is 0. The van der Waals surface area contributed by atoms with E-state index in [1.165, 1.54) is 18.9 Å². The molecule has 1 saturated carbocycles. The van der Waals surface area contributed by atoms with Crippen molar-refractivity contribution in [3.8, 4) is 0 Å². The van der Waals surface area contributed by atoms with Crippen molar-refractivity contribution in [1.29, 1.82) is 0 Å². The molecule has 1 unspecified atom stereocenters. The maximum atomic E-state index is 13.3.